The average Bonchev–Trinajstić information content (AvgIpc) is 3.49. The lowest BCUT2D eigenvalue weighted by Crippen LogP contribution is -2.45. The first-order valence-electron chi connectivity index (χ1n) is 11.1. The van der Waals surface area contributed by atoms with E-state index in [1.807, 2.05) is 41.8 Å². The van der Waals surface area contributed by atoms with Crippen LogP contribution in [-0.4, -0.2) is 21.5 Å². The van der Waals surface area contributed by atoms with Gasteiger partial charge < -0.3 is 10.6 Å². The molecule has 32 heavy (non-hydrogen) atoms. The minimum Gasteiger partial charge on any atom is -0.383 e. The third-order valence-corrected chi connectivity index (χ3v) is 6.93. The minimum absolute atomic E-state index is 0.0427. The number of hydrogen-bond donors (Lipinski definition) is 2. The summed E-state index contributed by atoms with van der Waals surface area (Å²) in [6, 6.07) is 13.4. The molecule has 1 fully saturated rings. The molecule has 0 radical (unpaired) electrons. The highest BCUT2D eigenvalue weighted by molar-refractivity contribution is 7.09. The van der Waals surface area contributed by atoms with Crippen molar-refractivity contribution >= 4 is 28.7 Å². The molecule has 168 valence electrons. The molecule has 3 aromatic rings. The number of rotatable bonds is 8. The third-order valence-electron chi connectivity index (χ3n) is 5.99. The van der Waals surface area contributed by atoms with Gasteiger partial charge in [-0.05, 0) is 42.7 Å². The molecule has 0 saturated heterocycles. The molecular formula is C24H28N4O3S. The van der Waals surface area contributed by atoms with Gasteiger partial charge in [0.15, 0.2) is 5.69 Å². The Morgan fingerprint density at radius 2 is 1.88 bits per heavy atom. The topological polar surface area (TPSA) is 101 Å². The number of nitrogens with one attached hydrogen (secondary N) is 1. The lowest BCUT2D eigenvalue weighted by molar-refractivity contribution is -0.119. The molecule has 8 heteroatoms. The summed E-state index contributed by atoms with van der Waals surface area (Å²) >= 11 is 1.68. The molecule has 1 amide bonds. The van der Waals surface area contributed by atoms with E-state index < -0.39 is 11.2 Å². The van der Waals surface area contributed by atoms with Crippen molar-refractivity contribution in [3.8, 4) is 0 Å². The van der Waals surface area contributed by atoms with Crippen LogP contribution in [0.5, 0.6) is 0 Å². The number of nitrogens with zero attached hydrogens (tertiary/aromatic N) is 2. The van der Waals surface area contributed by atoms with Crippen LogP contribution in [0.3, 0.4) is 0 Å². The fourth-order valence-electron chi connectivity index (χ4n) is 4.40. The number of benzene rings is 1. The second-order valence-corrected chi connectivity index (χ2v) is 9.23. The molecule has 2 aromatic heterocycles. The van der Waals surface area contributed by atoms with E-state index >= 15 is 0 Å². The first kappa shape index (κ1) is 22.1. The first-order chi connectivity index (χ1) is 15.5. The predicted molar refractivity (Wildman–Crippen MR) is 128 cm³/mol. The summed E-state index contributed by atoms with van der Waals surface area (Å²) in [7, 11) is 0. The fraction of sp³-hybridized carbons (Fsp3) is 0.375. The van der Waals surface area contributed by atoms with E-state index in [-0.39, 0.29) is 30.0 Å². The largest absolute Gasteiger partial charge is 0.383 e. The van der Waals surface area contributed by atoms with Gasteiger partial charge in [0.1, 0.15) is 5.82 Å². The van der Waals surface area contributed by atoms with Crippen molar-refractivity contribution in [1.29, 1.82) is 0 Å². The number of nitrogen functional groups attached to an aromatic ring is 1. The number of aryl methyl sites for hydroxylation is 1. The number of carbonyl (C=O) groups is 1. The highest BCUT2D eigenvalue weighted by Crippen LogP contribution is 2.30. The van der Waals surface area contributed by atoms with Gasteiger partial charge in [-0.3, -0.25) is 19.1 Å². The average molecular weight is 453 g/mol. The number of thiophene rings is 1. The Bertz CT molecular complexity index is 1160. The first-order valence-corrected chi connectivity index (χ1v) is 11.9. The van der Waals surface area contributed by atoms with Crippen LogP contribution < -0.4 is 21.9 Å². The van der Waals surface area contributed by atoms with E-state index in [9.17, 15) is 14.4 Å². The molecule has 7 nitrogen and oxygen atoms in total. The van der Waals surface area contributed by atoms with E-state index in [4.69, 9.17) is 5.73 Å². The van der Waals surface area contributed by atoms with E-state index in [1.54, 1.807) is 16.2 Å². The molecule has 1 aliphatic carbocycles. The summed E-state index contributed by atoms with van der Waals surface area (Å²) in [5.74, 6) is -0.0725. The van der Waals surface area contributed by atoms with Crippen LogP contribution in [0.1, 0.15) is 49.0 Å². The number of carbonyl (C=O) groups excluding carboxylic acids is 1. The Kier molecular flexibility index (Phi) is 6.90. The quantitative estimate of drug-likeness (QED) is 0.546. The number of aromatic nitrogens is 2. The van der Waals surface area contributed by atoms with E-state index in [0.717, 1.165) is 37.7 Å². The molecule has 0 atom stereocenters. The van der Waals surface area contributed by atoms with Crippen LogP contribution in [-0.2, 0) is 17.8 Å². The van der Waals surface area contributed by atoms with Crippen molar-refractivity contribution in [2.45, 2.75) is 57.5 Å². The molecule has 1 saturated carbocycles. The van der Waals surface area contributed by atoms with Crippen LogP contribution in [0.15, 0.2) is 57.4 Å². The molecule has 1 aliphatic rings. The van der Waals surface area contributed by atoms with E-state index in [0.29, 0.717) is 12.8 Å². The Labute approximate surface area is 190 Å². The zero-order chi connectivity index (χ0) is 22.5. The Morgan fingerprint density at radius 1 is 1.12 bits per heavy atom. The van der Waals surface area contributed by atoms with Gasteiger partial charge in [0.25, 0.3) is 5.56 Å². The maximum Gasteiger partial charge on any atom is 0.330 e. The lowest BCUT2D eigenvalue weighted by Gasteiger charge is -2.30. The highest BCUT2D eigenvalue weighted by Gasteiger charge is 2.32. The summed E-state index contributed by atoms with van der Waals surface area (Å²) < 4.78 is 1.34. The van der Waals surface area contributed by atoms with Crippen molar-refractivity contribution < 1.29 is 4.79 Å². The monoisotopic (exact) mass is 452 g/mol. The molecular weight excluding hydrogens is 424 g/mol. The van der Waals surface area contributed by atoms with Crippen LogP contribution in [0.4, 0.5) is 11.5 Å². The zero-order valence-electron chi connectivity index (χ0n) is 18.0. The van der Waals surface area contributed by atoms with Crippen molar-refractivity contribution in [3.63, 3.8) is 0 Å². The van der Waals surface area contributed by atoms with Crippen LogP contribution in [0, 0.1) is 0 Å². The molecule has 0 aliphatic heterocycles. The van der Waals surface area contributed by atoms with Crippen LogP contribution >= 0.6 is 11.3 Å². The summed E-state index contributed by atoms with van der Waals surface area (Å²) in [4.78, 5) is 44.0. The number of hydrogen-bond acceptors (Lipinski definition) is 5. The summed E-state index contributed by atoms with van der Waals surface area (Å²) in [6.07, 6.45) is 5.51. The normalized spacial score (nSPS) is 14.0. The summed E-state index contributed by atoms with van der Waals surface area (Å²) in [6.45, 7) is 0.223. The molecule has 0 spiro atoms. The molecule has 3 N–H and O–H groups in total. The van der Waals surface area contributed by atoms with Crippen molar-refractivity contribution in [2.24, 2.45) is 0 Å². The maximum absolute atomic E-state index is 13.4. The Balaban J connectivity index is 1.65. The number of amides is 1. The van der Waals surface area contributed by atoms with Crippen molar-refractivity contribution in [2.75, 3.05) is 10.6 Å². The van der Waals surface area contributed by atoms with Crippen molar-refractivity contribution in [1.82, 2.24) is 9.55 Å². The van der Waals surface area contributed by atoms with Gasteiger partial charge in [0.05, 0.1) is 6.54 Å². The molecule has 0 bridgehead atoms. The SMILES string of the molecule is Nc1c(N(C(=O)CCCc2cccs2)C2CCCC2)c(=O)[nH]c(=O)n1Cc1ccccc1. The lowest BCUT2D eigenvalue weighted by atomic mass is 10.1. The molecule has 2 heterocycles. The number of aromatic amines is 1. The fourth-order valence-corrected chi connectivity index (χ4v) is 5.15. The van der Waals surface area contributed by atoms with Crippen molar-refractivity contribution in [3.05, 3.63) is 79.1 Å². The number of anilines is 2. The van der Waals surface area contributed by atoms with Gasteiger partial charge in [-0.25, -0.2) is 4.79 Å². The van der Waals surface area contributed by atoms with Gasteiger partial charge in [-0.1, -0.05) is 49.2 Å². The Hall–Kier alpha value is -3.13. The highest BCUT2D eigenvalue weighted by atomic mass is 32.1. The van der Waals surface area contributed by atoms with E-state index in [1.165, 1.54) is 9.44 Å². The molecule has 0 unspecified atom stereocenters. The van der Waals surface area contributed by atoms with Gasteiger partial charge in [-0.2, -0.15) is 0 Å². The second kappa shape index (κ2) is 9.99. The maximum atomic E-state index is 13.4. The number of H-pyrrole nitrogens is 1. The standard InChI is InChI=1S/C24H28N4O3S/c25-22-21(23(30)26-24(31)27(22)16-17-8-2-1-3-9-17)28(18-10-4-5-11-18)20(29)14-6-12-19-13-7-15-32-19/h1-3,7-9,13,15,18H,4-6,10-12,14,16,25H2,(H,26,30,31). The second-order valence-electron chi connectivity index (χ2n) is 8.20. The molecule has 4 rings (SSSR count). The predicted octanol–water partition coefficient (Wildman–Crippen LogP) is 3.53. The smallest absolute Gasteiger partial charge is 0.330 e. The molecule has 1 aromatic carbocycles. The van der Waals surface area contributed by atoms with Gasteiger partial charge in [0.2, 0.25) is 5.91 Å². The Morgan fingerprint density at radius 3 is 2.56 bits per heavy atom. The summed E-state index contributed by atoms with van der Waals surface area (Å²) in [5, 5.41) is 2.03. The third kappa shape index (κ3) is 4.85. The van der Waals surface area contributed by atoms with E-state index in [2.05, 4.69) is 11.1 Å². The van der Waals surface area contributed by atoms with Gasteiger partial charge in [-0.15, -0.1) is 11.3 Å². The number of nitrogens with two attached hydrogens (primary N) is 1. The van der Waals surface area contributed by atoms with Crippen LogP contribution in [0.2, 0.25) is 0 Å². The van der Waals surface area contributed by atoms with Crippen LogP contribution in [0.25, 0.3) is 0 Å². The van der Waals surface area contributed by atoms with Gasteiger partial charge in [0, 0.05) is 17.3 Å². The van der Waals surface area contributed by atoms with Gasteiger partial charge >= 0.3 is 5.69 Å². The minimum atomic E-state index is -0.602. The summed E-state index contributed by atoms with van der Waals surface area (Å²) in [5.41, 5.74) is 6.21. The zero-order valence-corrected chi connectivity index (χ0v) is 18.8.